The van der Waals surface area contributed by atoms with Gasteiger partial charge in [-0.1, -0.05) is 6.07 Å². The average molecular weight is 340 g/mol. The molecule has 1 aliphatic carbocycles. The minimum atomic E-state index is -0.204. The van der Waals surface area contributed by atoms with E-state index in [0.717, 1.165) is 29.7 Å². The fourth-order valence-electron chi connectivity index (χ4n) is 3.54. The van der Waals surface area contributed by atoms with Gasteiger partial charge >= 0.3 is 0 Å². The molecule has 1 atom stereocenters. The summed E-state index contributed by atoms with van der Waals surface area (Å²) in [5.74, 6) is 1.33. The lowest BCUT2D eigenvalue weighted by atomic mass is 9.94. The molecule has 0 radical (unpaired) electrons. The van der Waals surface area contributed by atoms with Gasteiger partial charge in [0.05, 0.1) is 6.04 Å². The molecule has 2 heterocycles. The maximum Gasteiger partial charge on any atom is 0.268 e. The number of hydrogen-bond acceptors (Lipinski definition) is 4. The number of hydrogen-bond donors (Lipinski definition) is 2. The Balaban J connectivity index is 1.55. The molecule has 1 aromatic carbocycles. The van der Waals surface area contributed by atoms with Crippen LogP contribution in [0, 0.1) is 6.92 Å². The van der Waals surface area contributed by atoms with E-state index in [9.17, 15) is 9.59 Å². The van der Waals surface area contributed by atoms with E-state index in [2.05, 4.69) is 10.3 Å². The van der Waals surface area contributed by atoms with Gasteiger partial charge in [-0.05, 0) is 49.9 Å². The molecule has 4 rings (SSSR count). The zero-order valence-corrected chi connectivity index (χ0v) is 14.3. The fraction of sp³-hybridized carbons (Fsp3) is 0.368. The van der Waals surface area contributed by atoms with E-state index in [0.29, 0.717) is 29.2 Å². The molecule has 2 aliphatic rings. The first kappa shape index (κ1) is 15.7. The molecule has 25 heavy (non-hydrogen) atoms. The molecule has 0 saturated heterocycles. The van der Waals surface area contributed by atoms with Gasteiger partial charge in [0.25, 0.3) is 5.91 Å². The van der Waals surface area contributed by atoms with Crippen LogP contribution in [0.25, 0.3) is 0 Å². The largest absolute Gasteiger partial charge is 0.454 e. The minimum Gasteiger partial charge on any atom is -0.454 e. The molecule has 2 aromatic rings. The number of nitrogens with one attached hydrogen (secondary N) is 2. The second kappa shape index (κ2) is 5.95. The topological polar surface area (TPSA) is 80.4 Å². The van der Waals surface area contributed by atoms with E-state index in [-0.39, 0.29) is 24.5 Å². The highest BCUT2D eigenvalue weighted by Gasteiger charge is 2.27. The van der Waals surface area contributed by atoms with Crippen LogP contribution in [0.3, 0.4) is 0 Å². The van der Waals surface area contributed by atoms with E-state index in [1.807, 2.05) is 32.0 Å². The van der Waals surface area contributed by atoms with Gasteiger partial charge in [-0.25, -0.2) is 0 Å². The van der Waals surface area contributed by atoms with E-state index < -0.39 is 0 Å². The number of ketones is 1. The maximum absolute atomic E-state index is 12.7. The highest BCUT2D eigenvalue weighted by molar-refractivity contribution is 6.04. The SMILES string of the molecule is Cc1c(C(=O)N[C@@H](C)c2ccc3c(c2)OCO3)[nH]c2c1C(=O)CCC2. The van der Waals surface area contributed by atoms with Crippen LogP contribution in [0.4, 0.5) is 0 Å². The molecule has 0 bridgehead atoms. The van der Waals surface area contributed by atoms with Crippen molar-refractivity contribution in [2.24, 2.45) is 0 Å². The van der Waals surface area contributed by atoms with Crippen LogP contribution in [0.2, 0.25) is 0 Å². The average Bonchev–Trinajstić information content (AvgIpc) is 3.19. The van der Waals surface area contributed by atoms with Crippen molar-refractivity contribution < 1.29 is 19.1 Å². The van der Waals surface area contributed by atoms with E-state index in [1.165, 1.54) is 0 Å². The van der Waals surface area contributed by atoms with Gasteiger partial charge in [-0.15, -0.1) is 0 Å². The first-order valence-electron chi connectivity index (χ1n) is 8.49. The zero-order valence-electron chi connectivity index (χ0n) is 14.3. The zero-order chi connectivity index (χ0) is 17.6. The first-order chi connectivity index (χ1) is 12.0. The number of carbonyl (C=O) groups is 2. The number of amides is 1. The van der Waals surface area contributed by atoms with Crippen molar-refractivity contribution in [3.05, 3.63) is 46.3 Å². The highest BCUT2D eigenvalue weighted by Crippen LogP contribution is 2.34. The number of aromatic amines is 1. The van der Waals surface area contributed by atoms with Crippen LogP contribution in [0.1, 0.15) is 63.5 Å². The summed E-state index contributed by atoms with van der Waals surface area (Å²) in [5, 5.41) is 2.99. The second-order valence-electron chi connectivity index (χ2n) is 6.56. The number of H-pyrrole nitrogens is 1. The van der Waals surface area contributed by atoms with Gasteiger partial charge in [-0.2, -0.15) is 0 Å². The Kier molecular flexibility index (Phi) is 3.75. The summed E-state index contributed by atoms with van der Waals surface area (Å²) in [6.45, 7) is 3.97. The molecule has 6 heteroatoms. The predicted octanol–water partition coefficient (Wildman–Crippen LogP) is 3.06. The molecule has 0 spiro atoms. The Bertz CT molecular complexity index is 869. The third-order valence-corrected chi connectivity index (χ3v) is 4.91. The molecule has 0 unspecified atom stereocenters. The summed E-state index contributed by atoms with van der Waals surface area (Å²) >= 11 is 0. The number of ether oxygens (including phenoxy) is 2. The van der Waals surface area contributed by atoms with Gasteiger partial charge in [0, 0.05) is 17.7 Å². The van der Waals surface area contributed by atoms with Crippen molar-refractivity contribution in [2.45, 2.75) is 39.2 Å². The minimum absolute atomic E-state index is 0.123. The van der Waals surface area contributed by atoms with Gasteiger partial charge in [0.15, 0.2) is 17.3 Å². The van der Waals surface area contributed by atoms with E-state index in [4.69, 9.17) is 9.47 Å². The summed E-state index contributed by atoms with van der Waals surface area (Å²) < 4.78 is 10.7. The van der Waals surface area contributed by atoms with Gasteiger partial charge in [-0.3, -0.25) is 9.59 Å². The molecule has 130 valence electrons. The van der Waals surface area contributed by atoms with Crippen LogP contribution >= 0.6 is 0 Å². The molecule has 1 aliphatic heterocycles. The van der Waals surface area contributed by atoms with Crippen molar-refractivity contribution in [1.29, 1.82) is 0 Å². The number of benzene rings is 1. The Morgan fingerprint density at radius 2 is 2.04 bits per heavy atom. The Morgan fingerprint density at radius 1 is 1.24 bits per heavy atom. The Morgan fingerprint density at radius 3 is 2.84 bits per heavy atom. The number of Topliss-reactive ketones (excluding diaryl/α,β-unsaturated/α-hetero) is 1. The second-order valence-corrected chi connectivity index (χ2v) is 6.56. The van der Waals surface area contributed by atoms with E-state index in [1.54, 1.807) is 0 Å². The maximum atomic E-state index is 12.7. The Labute approximate surface area is 145 Å². The smallest absolute Gasteiger partial charge is 0.268 e. The van der Waals surface area contributed by atoms with Gasteiger partial charge in [0.1, 0.15) is 5.69 Å². The summed E-state index contributed by atoms with van der Waals surface area (Å²) in [7, 11) is 0. The third kappa shape index (κ3) is 2.67. The highest BCUT2D eigenvalue weighted by atomic mass is 16.7. The van der Waals surface area contributed by atoms with Crippen LogP contribution in [0.5, 0.6) is 11.5 Å². The standard InChI is InChI=1S/C19H20N2O4/c1-10-17-13(4-3-5-14(17)22)21-18(10)19(23)20-11(2)12-6-7-15-16(8-12)25-9-24-15/h6-8,11,21H,3-5,9H2,1-2H3,(H,20,23)/t11-/m0/s1. The normalized spacial score (nSPS) is 16.5. The molecule has 2 N–H and O–H groups in total. The molecule has 0 saturated carbocycles. The predicted molar refractivity (Wildman–Crippen MR) is 91.2 cm³/mol. The van der Waals surface area contributed by atoms with Crippen molar-refractivity contribution in [2.75, 3.05) is 6.79 Å². The lowest BCUT2D eigenvalue weighted by Gasteiger charge is -2.14. The van der Waals surface area contributed by atoms with Crippen LogP contribution < -0.4 is 14.8 Å². The van der Waals surface area contributed by atoms with E-state index >= 15 is 0 Å². The third-order valence-electron chi connectivity index (χ3n) is 4.91. The molecule has 0 fully saturated rings. The summed E-state index contributed by atoms with van der Waals surface area (Å²) in [5.41, 5.74) is 3.74. The summed E-state index contributed by atoms with van der Waals surface area (Å²) in [6.07, 6.45) is 2.20. The van der Waals surface area contributed by atoms with Crippen LogP contribution in [-0.2, 0) is 6.42 Å². The van der Waals surface area contributed by atoms with Crippen LogP contribution in [0.15, 0.2) is 18.2 Å². The number of aryl methyl sites for hydroxylation is 1. The molecule has 6 nitrogen and oxygen atoms in total. The molecule has 1 amide bonds. The number of rotatable bonds is 3. The Hall–Kier alpha value is -2.76. The number of fused-ring (bicyclic) bond motifs is 2. The fourth-order valence-corrected chi connectivity index (χ4v) is 3.54. The van der Waals surface area contributed by atoms with Gasteiger partial charge < -0.3 is 19.8 Å². The number of aromatic nitrogens is 1. The monoisotopic (exact) mass is 340 g/mol. The quantitative estimate of drug-likeness (QED) is 0.900. The lowest BCUT2D eigenvalue weighted by Crippen LogP contribution is -2.27. The molecule has 1 aromatic heterocycles. The van der Waals surface area contributed by atoms with Crippen molar-refractivity contribution in [3.63, 3.8) is 0 Å². The van der Waals surface area contributed by atoms with Crippen LogP contribution in [-0.4, -0.2) is 23.5 Å². The van der Waals surface area contributed by atoms with Crippen molar-refractivity contribution in [3.8, 4) is 11.5 Å². The number of carbonyl (C=O) groups excluding carboxylic acids is 2. The van der Waals surface area contributed by atoms with Crippen molar-refractivity contribution >= 4 is 11.7 Å². The molecular weight excluding hydrogens is 320 g/mol. The first-order valence-corrected chi connectivity index (χ1v) is 8.49. The molecular formula is C19H20N2O4. The van der Waals surface area contributed by atoms with Crippen molar-refractivity contribution in [1.82, 2.24) is 10.3 Å². The van der Waals surface area contributed by atoms with Gasteiger partial charge in [0.2, 0.25) is 6.79 Å². The summed E-state index contributed by atoms with van der Waals surface area (Å²) in [4.78, 5) is 28.0. The lowest BCUT2D eigenvalue weighted by molar-refractivity contribution is 0.0934. The summed E-state index contributed by atoms with van der Waals surface area (Å²) in [6, 6.07) is 5.44.